The van der Waals surface area contributed by atoms with Gasteiger partial charge < -0.3 is 24.7 Å². The van der Waals surface area contributed by atoms with E-state index in [1.54, 1.807) is 7.11 Å². The molecule has 5 fully saturated rings. The number of fused-ring (bicyclic) bond motifs is 7. The van der Waals surface area contributed by atoms with E-state index in [-0.39, 0.29) is 70.6 Å². The highest BCUT2D eigenvalue weighted by molar-refractivity contribution is 6.05. The number of carbonyl (C=O) groups excluding carboxylic acids is 4. The van der Waals surface area contributed by atoms with Crippen LogP contribution in [0.1, 0.15) is 153 Å². The van der Waals surface area contributed by atoms with Crippen molar-refractivity contribution in [3.63, 3.8) is 0 Å². The van der Waals surface area contributed by atoms with Gasteiger partial charge in [0.2, 0.25) is 5.91 Å². The van der Waals surface area contributed by atoms with Crippen molar-refractivity contribution in [3.8, 4) is 0 Å². The number of ketones is 1. The maximum absolute atomic E-state index is 13.7. The number of hydrogen-bond acceptors (Lipinski definition) is 7. The van der Waals surface area contributed by atoms with Gasteiger partial charge in [-0.2, -0.15) is 0 Å². The van der Waals surface area contributed by atoms with Crippen LogP contribution in [0, 0.1) is 69.5 Å². The molecule has 9 heteroatoms. The molecule has 0 aromatic heterocycles. The van der Waals surface area contributed by atoms with Gasteiger partial charge in [-0.3, -0.25) is 19.2 Å². The third-order valence-corrected chi connectivity index (χ3v) is 16.3. The molecule has 6 aliphatic carbocycles. The summed E-state index contributed by atoms with van der Waals surface area (Å²) in [5.41, 5.74) is 1.02. The summed E-state index contributed by atoms with van der Waals surface area (Å²) in [5.74, 6) is 0.0225. The van der Waals surface area contributed by atoms with Crippen molar-refractivity contribution < 1.29 is 38.6 Å². The Bertz CT molecular complexity index is 1720. The van der Waals surface area contributed by atoms with Gasteiger partial charge in [0.05, 0.1) is 18.1 Å². The number of carboxylic acid groups (broad SMARTS) is 1. The number of esters is 1. The van der Waals surface area contributed by atoms with E-state index in [0.717, 1.165) is 62.4 Å². The number of aldehydes is 1. The second-order valence-corrected chi connectivity index (χ2v) is 19.9. The number of amides is 1. The monoisotopic (exact) mass is 834 g/mol. The molecule has 12 unspecified atom stereocenters. The molecular weight excluding hydrogens is 755 g/mol. The number of allylic oxidation sites excluding steroid dienone is 1. The van der Waals surface area contributed by atoms with E-state index in [4.69, 9.17) is 9.47 Å². The van der Waals surface area contributed by atoms with Crippen molar-refractivity contribution in [3.05, 3.63) is 47.0 Å². The lowest BCUT2D eigenvalue weighted by atomic mass is 9.38. The van der Waals surface area contributed by atoms with E-state index in [1.165, 1.54) is 19.4 Å². The van der Waals surface area contributed by atoms with Crippen molar-refractivity contribution in [2.24, 2.45) is 69.5 Å². The molecule has 1 aromatic carbocycles. The average Bonchev–Trinajstić information content (AvgIpc) is 3.52. The van der Waals surface area contributed by atoms with Crippen molar-refractivity contribution >= 4 is 29.9 Å². The van der Waals surface area contributed by atoms with Crippen molar-refractivity contribution in [2.45, 2.75) is 166 Å². The van der Waals surface area contributed by atoms with Gasteiger partial charge in [0.15, 0.2) is 5.78 Å². The van der Waals surface area contributed by atoms with Crippen LogP contribution >= 0.6 is 0 Å². The minimum atomic E-state index is -1.59. The molecule has 12 atom stereocenters. The molecule has 5 saturated carbocycles. The Morgan fingerprint density at radius 3 is 2.07 bits per heavy atom. The third kappa shape index (κ3) is 8.95. The first-order chi connectivity index (χ1) is 28.4. The second kappa shape index (κ2) is 19.8. The minimum absolute atomic E-state index is 0.0293. The van der Waals surface area contributed by atoms with Gasteiger partial charge in [0.25, 0.3) is 0 Å². The van der Waals surface area contributed by atoms with Crippen LogP contribution in [-0.2, 0) is 40.1 Å². The predicted octanol–water partition coefficient (Wildman–Crippen LogP) is 10.4. The number of aliphatic carboxylic acids is 1. The molecule has 2 N–H and O–H groups in total. The molecule has 0 bridgehead atoms. The van der Waals surface area contributed by atoms with E-state index in [9.17, 15) is 29.1 Å². The number of carbonyl (C=O) groups is 5. The third-order valence-electron chi connectivity index (χ3n) is 16.3. The van der Waals surface area contributed by atoms with E-state index in [1.807, 2.05) is 65.0 Å². The Morgan fingerprint density at radius 2 is 1.50 bits per heavy atom. The molecule has 0 spiro atoms. The molecule has 7 rings (SSSR count). The fraction of sp³-hybridized carbons (Fsp3) is 0.745. The first-order valence-corrected chi connectivity index (χ1v) is 23.4. The van der Waals surface area contributed by atoms with Gasteiger partial charge in [-0.25, -0.2) is 0 Å². The van der Waals surface area contributed by atoms with E-state index in [0.29, 0.717) is 37.2 Å². The lowest BCUT2D eigenvalue weighted by Crippen LogP contribution is -2.63. The van der Waals surface area contributed by atoms with Crippen LogP contribution in [0.3, 0.4) is 0 Å². The minimum Gasteiger partial charge on any atom is -0.480 e. The standard InChI is InChI=1S/C39H57NO7.C8H10O.2C2H6/c1-20(2)31-28(42)18-39(40-34(44)36(5,6)35(45)46)16-12-27-24(32(31)39)9-10-30-37(7)15-13-29(22(4)26(37)11-14-38(27,30)8)47-33(43)25-17-23(19-41)21(25)3;1-9-7-8-5-3-2-4-6-8;2*1-2/h19-27,29-30H,9-18H2,1-8H3,(H,40,44)(H,45,46);2-6H,7H2,1H3;2*1-2H3. The Hall–Kier alpha value is -3.33. The molecule has 336 valence electrons. The van der Waals surface area contributed by atoms with Crippen LogP contribution in [0.15, 0.2) is 41.5 Å². The molecule has 60 heavy (non-hydrogen) atoms. The molecule has 0 saturated heterocycles. The number of hydrogen-bond donors (Lipinski definition) is 2. The largest absolute Gasteiger partial charge is 0.480 e. The Labute approximate surface area is 362 Å². The number of benzene rings is 1. The van der Waals surface area contributed by atoms with Crippen molar-refractivity contribution in [2.75, 3.05) is 7.11 Å². The fourth-order valence-electron chi connectivity index (χ4n) is 13.0. The van der Waals surface area contributed by atoms with Crippen LogP contribution in [0.5, 0.6) is 0 Å². The molecule has 0 radical (unpaired) electrons. The number of ether oxygens (including phenoxy) is 2. The lowest BCUT2D eigenvalue weighted by molar-refractivity contribution is -0.195. The fourth-order valence-corrected chi connectivity index (χ4v) is 13.0. The molecular formula is C51H79NO8. The first-order valence-electron chi connectivity index (χ1n) is 23.4. The highest BCUT2D eigenvalue weighted by atomic mass is 16.5. The highest BCUT2D eigenvalue weighted by Crippen LogP contribution is 2.70. The summed E-state index contributed by atoms with van der Waals surface area (Å²) in [7, 11) is 1.70. The summed E-state index contributed by atoms with van der Waals surface area (Å²) >= 11 is 0. The Kier molecular flexibility index (Phi) is 16.3. The summed E-state index contributed by atoms with van der Waals surface area (Å²) < 4.78 is 11.1. The molecule has 0 heterocycles. The zero-order valence-corrected chi connectivity index (χ0v) is 39.3. The molecule has 0 aliphatic heterocycles. The second-order valence-electron chi connectivity index (χ2n) is 19.9. The quantitative estimate of drug-likeness (QED) is 0.143. The molecule has 9 nitrogen and oxygen atoms in total. The summed E-state index contributed by atoms with van der Waals surface area (Å²) in [5, 5.41) is 13.0. The lowest BCUT2D eigenvalue weighted by Gasteiger charge is -2.67. The normalized spacial score (nSPS) is 36.4. The van der Waals surface area contributed by atoms with Crippen LogP contribution < -0.4 is 5.32 Å². The van der Waals surface area contributed by atoms with Crippen molar-refractivity contribution in [1.82, 2.24) is 5.32 Å². The molecule has 6 aliphatic rings. The van der Waals surface area contributed by atoms with E-state index >= 15 is 0 Å². The summed E-state index contributed by atoms with van der Waals surface area (Å²) in [6.45, 7) is 25.0. The average molecular weight is 834 g/mol. The van der Waals surface area contributed by atoms with Gasteiger partial charge in [-0.05, 0) is 141 Å². The van der Waals surface area contributed by atoms with Gasteiger partial charge in [0.1, 0.15) is 17.8 Å². The number of rotatable bonds is 9. The van der Waals surface area contributed by atoms with Gasteiger partial charge in [0, 0.05) is 19.4 Å². The molecule has 1 aromatic rings. The zero-order valence-electron chi connectivity index (χ0n) is 39.3. The van der Waals surface area contributed by atoms with Crippen LogP contribution in [0.2, 0.25) is 0 Å². The number of methoxy groups -OCH3 is 1. The zero-order chi connectivity index (χ0) is 45.0. The first kappa shape index (κ1) is 49.3. The van der Waals surface area contributed by atoms with Crippen LogP contribution in [0.25, 0.3) is 0 Å². The van der Waals surface area contributed by atoms with Gasteiger partial charge >= 0.3 is 11.9 Å². The van der Waals surface area contributed by atoms with Gasteiger partial charge in [-0.15, -0.1) is 0 Å². The maximum Gasteiger partial charge on any atom is 0.318 e. The van der Waals surface area contributed by atoms with Crippen LogP contribution in [-0.4, -0.2) is 53.8 Å². The summed E-state index contributed by atoms with van der Waals surface area (Å²) in [6, 6.07) is 10.1. The van der Waals surface area contributed by atoms with E-state index < -0.39 is 22.8 Å². The Balaban J connectivity index is 0.000000531. The SMILES string of the molecule is CC.CC.CC(C)C1=C2C3CCC4C(C)(CCC5C(C)C(OC(=O)C6CC(C=O)C6C)CCC54C)C3CCC2(NC(=O)C(C)(C)C(=O)O)CC1=O.COCc1ccccc1. The number of carboxylic acids is 1. The summed E-state index contributed by atoms with van der Waals surface area (Å²) in [4.78, 5) is 63.6. The maximum atomic E-state index is 13.7. The van der Waals surface area contributed by atoms with Crippen LogP contribution in [0.4, 0.5) is 0 Å². The molecule has 1 amide bonds. The highest BCUT2D eigenvalue weighted by Gasteiger charge is 2.65. The van der Waals surface area contributed by atoms with E-state index in [2.05, 4.69) is 39.9 Å². The topological polar surface area (TPSA) is 136 Å². The van der Waals surface area contributed by atoms with Gasteiger partial charge in [-0.1, -0.05) is 99.6 Å². The number of Topliss-reactive ketones (excluding diaryl/α,β-unsaturated/α-hetero) is 1. The summed E-state index contributed by atoms with van der Waals surface area (Å²) in [6.07, 6.45) is 9.39. The Morgan fingerprint density at radius 1 is 0.900 bits per heavy atom. The number of nitrogens with one attached hydrogen (secondary N) is 1. The predicted molar refractivity (Wildman–Crippen MR) is 237 cm³/mol. The van der Waals surface area contributed by atoms with Crippen molar-refractivity contribution in [1.29, 1.82) is 0 Å². The smallest absolute Gasteiger partial charge is 0.318 e.